The van der Waals surface area contributed by atoms with Crippen molar-refractivity contribution in [3.05, 3.63) is 57.1 Å². The van der Waals surface area contributed by atoms with E-state index >= 15 is 0 Å². The molecule has 112 valence electrons. The fraction of sp³-hybridized carbons (Fsp3) is 0.294. The van der Waals surface area contributed by atoms with Gasteiger partial charge in [-0.25, -0.2) is 0 Å². The van der Waals surface area contributed by atoms with Gasteiger partial charge in [0.05, 0.1) is 20.3 Å². The minimum Gasteiger partial charge on any atom is -0.493 e. The Morgan fingerprint density at radius 2 is 1.43 bits per heavy atom. The minimum absolute atomic E-state index is 0.224. The van der Waals surface area contributed by atoms with Crippen molar-refractivity contribution in [3.63, 3.8) is 0 Å². The lowest BCUT2D eigenvalue weighted by Gasteiger charge is -2.18. The molecular weight excluding hydrogens is 330 g/mol. The highest BCUT2D eigenvalue weighted by atomic mass is 79.9. The SMILES string of the molecule is COc1cc(Br)c(C(N)c2cc(C)cc(C)c2)cc1OC. The number of methoxy groups -OCH3 is 2. The van der Waals surface area contributed by atoms with Crippen LogP contribution in [0.3, 0.4) is 0 Å². The van der Waals surface area contributed by atoms with Crippen LogP contribution in [0.4, 0.5) is 0 Å². The van der Waals surface area contributed by atoms with Gasteiger partial charge in [0.2, 0.25) is 0 Å². The van der Waals surface area contributed by atoms with Gasteiger partial charge in [0.1, 0.15) is 0 Å². The Kier molecular flexibility index (Phi) is 4.91. The molecule has 0 heterocycles. The summed E-state index contributed by atoms with van der Waals surface area (Å²) in [5.41, 5.74) is 10.9. The number of hydrogen-bond acceptors (Lipinski definition) is 3. The number of hydrogen-bond donors (Lipinski definition) is 1. The second-order valence-electron chi connectivity index (χ2n) is 5.13. The van der Waals surface area contributed by atoms with Gasteiger partial charge in [-0.15, -0.1) is 0 Å². The molecule has 0 bridgehead atoms. The van der Waals surface area contributed by atoms with Crippen molar-refractivity contribution in [2.45, 2.75) is 19.9 Å². The van der Waals surface area contributed by atoms with Crippen LogP contribution in [-0.4, -0.2) is 14.2 Å². The van der Waals surface area contributed by atoms with Crippen LogP contribution in [0.15, 0.2) is 34.8 Å². The lowest BCUT2D eigenvalue weighted by Crippen LogP contribution is -2.13. The first-order valence-corrected chi connectivity index (χ1v) is 7.50. The van der Waals surface area contributed by atoms with Crippen molar-refractivity contribution in [1.82, 2.24) is 0 Å². The lowest BCUT2D eigenvalue weighted by atomic mass is 9.96. The summed E-state index contributed by atoms with van der Waals surface area (Å²) in [7, 11) is 3.24. The molecule has 0 saturated heterocycles. The molecule has 2 rings (SSSR count). The summed E-state index contributed by atoms with van der Waals surface area (Å²) in [5.74, 6) is 1.36. The first-order chi connectivity index (χ1) is 9.96. The van der Waals surface area contributed by atoms with Crippen LogP contribution in [-0.2, 0) is 0 Å². The zero-order valence-corrected chi connectivity index (χ0v) is 14.3. The standard InChI is InChI=1S/C17H20BrNO2/c1-10-5-11(2)7-12(6-10)17(19)13-8-15(20-3)16(21-4)9-14(13)18/h5-9,17H,19H2,1-4H3. The molecule has 0 spiro atoms. The average molecular weight is 350 g/mol. The molecule has 21 heavy (non-hydrogen) atoms. The summed E-state index contributed by atoms with van der Waals surface area (Å²) in [6.07, 6.45) is 0. The predicted molar refractivity (Wildman–Crippen MR) is 89.2 cm³/mol. The third kappa shape index (κ3) is 3.39. The topological polar surface area (TPSA) is 44.5 Å². The Balaban J connectivity index is 2.49. The largest absolute Gasteiger partial charge is 0.493 e. The normalized spacial score (nSPS) is 12.1. The van der Waals surface area contributed by atoms with Gasteiger partial charge in [-0.3, -0.25) is 0 Å². The Bertz CT molecular complexity index is 635. The maximum Gasteiger partial charge on any atom is 0.161 e. The molecule has 0 aliphatic rings. The molecule has 0 aromatic heterocycles. The molecule has 0 aliphatic carbocycles. The van der Waals surface area contributed by atoms with E-state index in [0.29, 0.717) is 11.5 Å². The van der Waals surface area contributed by atoms with Gasteiger partial charge < -0.3 is 15.2 Å². The smallest absolute Gasteiger partial charge is 0.161 e. The maximum absolute atomic E-state index is 6.44. The molecule has 2 aromatic rings. The molecule has 2 aromatic carbocycles. The minimum atomic E-state index is -0.224. The molecule has 4 heteroatoms. The number of halogens is 1. The Hall–Kier alpha value is -1.52. The number of benzene rings is 2. The van der Waals surface area contributed by atoms with Crippen LogP contribution >= 0.6 is 15.9 Å². The van der Waals surface area contributed by atoms with Gasteiger partial charge >= 0.3 is 0 Å². The molecule has 0 amide bonds. The zero-order chi connectivity index (χ0) is 15.6. The van der Waals surface area contributed by atoms with Gasteiger partial charge in [-0.2, -0.15) is 0 Å². The van der Waals surface area contributed by atoms with Crippen LogP contribution in [0.1, 0.15) is 28.3 Å². The van der Waals surface area contributed by atoms with Crippen molar-refractivity contribution in [2.75, 3.05) is 14.2 Å². The van der Waals surface area contributed by atoms with Crippen LogP contribution in [0, 0.1) is 13.8 Å². The van der Waals surface area contributed by atoms with Crippen LogP contribution in [0.25, 0.3) is 0 Å². The number of ether oxygens (including phenoxy) is 2. The van der Waals surface area contributed by atoms with Crippen molar-refractivity contribution in [3.8, 4) is 11.5 Å². The third-order valence-electron chi connectivity index (χ3n) is 3.44. The second-order valence-corrected chi connectivity index (χ2v) is 5.98. The number of aryl methyl sites for hydroxylation is 2. The number of nitrogens with two attached hydrogens (primary N) is 1. The van der Waals surface area contributed by atoms with Gasteiger partial charge in [-0.1, -0.05) is 45.3 Å². The Labute approximate surface area is 134 Å². The Morgan fingerprint density at radius 1 is 0.905 bits per heavy atom. The van der Waals surface area contributed by atoms with Gasteiger partial charge in [0.25, 0.3) is 0 Å². The fourth-order valence-electron chi connectivity index (χ4n) is 2.48. The first-order valence-electron chi connectivity index (χ1n) is 6.71. The predicted octanol–water partition coefficient (Wildman–Crippen LogP) is 4.13. The van der Waals surface area contributed by atoms with Crippen molar-refractivity contribution < 1.29 is 9.47 Å². The number of rotatable bonds is 4. The molecule has 2 N–H and O–H groups in total. The van der Waals surface area contributed by atoms with Crippen molar-refractivity contribution in [1.29, 1.82) is 0 Å². The summed E-state index contributed by atoms with van der Waals surface area (Å²) in [5, 5.41) is 0. The fourth-order valence-corrected chi connectivity index (χ4v) is 3.05. The molecule has 0 aliphatic heterocycles. The third-order valence-corrected chi connectivity index (χ3v) is 4.13. The Morgan fingerprint density at radius 3 is 1.95 bits per heavy atom. The van der Waals surface area contributed by atoms with Crippen LogP contribution < -0.4 is 15.2 Å². The summed E-state index contributed by atoms with van der Waals surface area (Å²) in [6.45, 7) is 4.15. The van der Waals surface area contributed by atoms with E-state index in [-0.39, 0.29) is 6.04 Å². The van der Waals surface area contributed by atoms with Crippen LogP contribution in [0.5, 0.6) is 11.5 Å². The van der Waals surface area contributed by atoms with E-state index in [4.69, 9.17) is 15.2 Å². The average Bonchev–Trinajstić information content (AvgIpc) is 2.45. The van der Waals surface area contributed by atoms with Crippen molar-refractivity contribution >= 4 is 15.9 Å². The maximum atomic E-state index is 6.44. The zero-order valence-electron chi connectivity index (χ0n) is 12.7. The van der Waals surface area contributed by atoms with E-state index in [9.17, 15) is 0 Å². The summed E-state index contributed by atoms with van der Waals surface area (Å²) < 4.78 is 11.6. The molecule has 3 nitrogen and oxygen atoms in total. The first kappa shape index (κ1) is 15.9. The monoisotopic (exact) mass is 349 g/mol. The summed E-state index contributed by atoms with van der Waals surface area (Å²) in [6, 6.07) is 9.95. The molecule has 1 atom stereocenters. The van der Waals surface area contributed by atoms with E-state index in [1.165, 1.54) is 11.1 Å². The second kappa shape index (κ2) is 6.50. The van der Waals surface area contributed by atoms with Gasteiger partial charge in [-0.05, 0) is 37.1 Å². The highest BCUT2D eigenvalue weighted by Crippen LogP contribution is 2.37. The lowest BCUT2D eigenvalue weighted by molar-refractivity contribution is 0.354. The van der Waals surface area contributed by atoms with E-state index in [1.807, 2.05) is 12.1 Å². The quantitative estimate of drug-likeness (QED) is 0.902. The summed E-state index contributed by atoms with van der Waals surface area (Å²) >= 11 is 3.57. The molecule has 0 fully saturated rings. The van der Waals surface area contributed by atoms with Gasteiger partial charge in [0, 0.05) is 4.47 Å². The molecular formula is C17H20BrNO2. The van der Waals surface area contributed by atoms with E-state index in [0.717, 1.165) is 15.6 Å². The highest BCUT2D eigenvalue weighted by molar-refractivity contribution is 9.10. The van der Waals surface area contributed by atoms with E-state index in [2.05, 4.69) is 48.0 Å². The van der Waals surface area contributed by atoms with Crippen molar-refractivity contribution in [2.24, 2.45) is 5.73 Å². The summed E-state index contributed by atoms with van der Waals surface area (Å²) in [4.78, 5) is 0. The van der Waals surface area contributed by atoms with E-state index in [1.54, 1.807) is 14.2 Å². The highest BCUT2D eigenvalue weighted by Gasteiger charge is 2.17. The van der Waals surface area contributed by atoms with Crippen LogP contribution in [0.2, 0.25) is 0 Å². The molecule has 1 unspecified atom stereocenters. The van der Waals surface area contributed by atoms with Gasteiger partial charge in [0.15, 0.2) is 11.5 Å². The molecule has 0 radical (unpaired) electrons. The molecule has 0 saturated carbocycles. The van der Waals surface area contributed by atoms with E-state index < -0.39 is 0 Å².